The summed E-state index contributed by atoms with van der Waals surface area (Å²) >= 11 is 0. The fourth-order valence-corrected chi connectivity index (χ4v) is 10.3. The minimum atomic E-state index is -4.24. The Morgan fingerprint density at radius 1 is 0.588 bits per heavy atom. The van der Waals surface area contributed by atoms with Crippen molar-refractivity contribution in [2.75, 3.05) is 32.2 Å². The first-order chi connectivity index (χ1) is 23.8. The van der Waals surface area contributed by atoms with Crippen LogP contribution >= 0.6 is 10.3 Å². The fourth-order valence-electron chi connectivity index (χ4n) is 4.87. The van der Waals surface area contributed by atoms with Gasteiger partial charge in [-0.3, -0.25) is 3.63 Å². The second-order valence-electron chi connectivity index (χ2n) is 14.0. The largest absolute Gasteiger partial charge is 0.482 e. The molecule has 274 valence electrons. The predicted octanol–water partition coefficient (Wildman–Crippen LogP) is 8.18. The lowest BCUT2D eigenvalue weighted by Gasteiger charge is -2.35. The van der Waals surface area contributed by atoms with E-state index in [-0.39, 0.29) is 18.1 Å². The van der Waals surface area contributed by atoms with E-state index in [2.05, 4.69) is 0 Å². The molecule has 4 aromatic carbocycles. The summed E-state index contributed by atoms with van der Waals surface area (Å²) in [6, 6.07) is 28.0. The first-order valence-corrected chi connectivity index (χ1v) is 19.4. The van der Waals surface area contributed by atoms with E-state index in [1.54, 1.807) is 114 Å². The lowest BCUT2D eigenvalue weighted by Crippen LogP contribution is -2.27. The Kier molecular flexibility index (Phi) is 12.2. The van der Waals surface area contributed by atoms with Gasteiger partial charge in [-0.15, -0.1) is 8.42 Å². The van der Waals surface area contributed by atoms with Crippen molar-refractivity contribution in [1.29, 1.82) is 0 Å². The van der Waals surface area contributed by atoms with Gasteiger partial charge in [0.2, 0.25) is 0 Å². The van der Waals surface area contributed by atoms with E-state index < -0.39 is 43.6 Å². The highest BCUT2D eigenvalue weighted by atomic mass is 32.3. The van der Waals surface area contributed by atoms with Crippen LogP contribution in [0.5, 0.6) is 11.5 Å². The Labute approximate surface area is 303 Å². The number of esters is 2. The zero-order valence-corrected chi connectivity index (χ0v) is 32.3. The smallest absolute Gasteiger partial charge is 0.422 e. The van der Waals surface area contributed by atoms with Gasteiger partial charge in [-0.1, -0.05) is 17.7 Å². The Morgan fingerprint density at radius 2 is 0.941 bits per heavy atom. The Bertz CT molecular complexity index is 1820. The Balaban J connectivity index is 1.83. The van der Waals surface area contributed by atoms with Crippen LogP contribution in [-0.2, 0) is 29.2 Å². The molecule has 1 N–H and O–H groups in total. The second-order valence-corrected chi connectivity index (χ2v) is 18.6. The van der Waals surface area contributed by atoms with E-state index in [4.69, 9.17) is 22.6 Å². The molecule has 12 heteroatoms. The molecule has 0 aliphatic heterocycles. The summed E-state index contributed by atoms with van der Waals surface area (Å²) in [4.78, 5) is 28.5. The highest BCUT2D eigenvalue weighted by molar-refractivity contribution is 8.32. The normalized spacial score (nSPS) is 12.5. The monoisotopic (exact) mass is 738 g/mol. The summed E-state index contributed by atoms with van der Waals surface area (Å²) in [7, 11) is -3.30. The maximum Gasteiger partial charge on any atom is 0.422 e. The Morgan fingerprint density at radius 3 is 1.29 bits per heavy atom. The quantitative estimate of drug-likeness (QED) is 0.0760. The summed E-state index contributed by atoms with van der Waals surface area (Å²) in [5.41, 5.74) is 0.521. The summed E-state index contributed by atoms with van der Waals surface area (Å²) in [6.45, 7) is 12.0. The molecule has 0 spiro atoms. The number of carbonyl (C=O) groups excluding carboxylic acids is 2. The minimum Gasteiger partial charge on any atom is -0.482 e. The standard InChI is InChI=1S/C39H47NO9S2/c1-28-10-18-35(19-11-28)51(43,44)49-50(32-20-12-29(13-21-32)40(8)9,33-22-14-30(15-23-33)45-26-36(41)47-38(2,3)4)34-24-16-31(17-25-34)46-27-37(42)48-39(5,6)7/h10-25H,26-27H2,1-9H3/p+1. The third-order valence-electron chi connectivity index (χ3n) is 7.11. The van der Waals surface area contributed by atoms with Crippen molar-refractivity contribution in [3.63, 3.8) is 0 Å². The molecule has 4 aromatic rings. The number of rotatable bonds is 13. The minimum absolute atomic E-state index is 0.0597. The molecule has 0 amide bonds. The van der Waals surface area contributed by atoms with Gasteiger partial charge in [0.15, 0.2) is 13.2 Å². The van der Waals surface area contributed by atoms with Gasteiger partial charge in [-0.05, 0) is 133 Å². The average molecular weight is 739 g/mol. The van der Waals surface area contributed by atoms with Crippen LogP contribution in [0.3, 0.4) is 0 Å². The molecule has 0 radical (unpaired) electrons. The van der Waals surface area contributed by atoms with E-state index in [0.29, 0.717) is 26.2 Å². The number of nitrogens with zero attached hydrogens (tertiary/aromatic N) is 1. The molecule has 0 atom stereocenters. The first-order valence-electron chi connectivity index (χ1n) is 16.3. The van der Waals surface area contributed by atoms with Crippen LogP contribution in [0.1, 0.15) is 47.1 Å². The van der Waals surface area contributed by atoms with Crippen LogP contribution in [-0.4, -0.2) is 62.5 Å². The highest BCUT2D eigenvalue weighted by Gasteiger charge is 2.44. The number of anilines is 1. The number of carbonyl (C=O) groups is 2. The molecule has 0 saturated carbocycles. The molecule has 0 aliphatic rings. The Hall–Kier alpha value is -4.52. The molecule has 10 nitrogen and oxygen atoms in total. The second kappa shape index (κ2) is 15.8. The number of benzene rings is 4. The van der Waals surface area contributed by atoms with Crippen molar-refractivity contribution in [2.24, 2.45) is 0 Å². The van der Waals surface area contributed by atoms with Crippen molar-refractivity contribution >= 4 is 38.1 Å². The van der Waals surface area contributed by atoms with E-state index in [9.17, 15) is 18.0 Å². The van der Waals surface area contributed by atoms with Gasteiger partial charge in [-0.2, -0.15) is 0 Å². The predicted molar refractivity (Wildman–Crippen MR) is 200 cm³/mol. The number of ether oxygens (including phenoxy) is 4. The zero-order chi connectivity index (χ0) is 37.6. The van der Waals surface area contributed by atoms with Crippen molar-refractivity contribution in [3.8, 4) is 11.5 Å². The van der Waals surface area contributed by atoms with Crippen LogP contribution < -0.4 is 14.4 Å². The number of hydrogen-bond donors (Lipinski definition) is 0. The fraction of sp³-hybridized carbons (Fsp3) is 0.333. The van der Waals surface area contributed by atoms with E-state index in [1.807, 2.05) is 50.2 Å². The van der Waals surface area contributed by atoms with Crippen LogP contribution in [0, 0.1) is 6.92 Å². The SMILES string of the molecule is Cc1ccc(S(=O)(=O)[OH+]S(c2ccc(OCC(=O)OC(C)(C)C)cc2)(c2ccc(OCC(=O)OC(C)(C)C)cc2)c2ccc(N(C)C)cc2)cc1. The van der Waals surface area contributed by atoms with E-state index in [1.165, 1.54) is 0 Å². The summed E-state index contributed by atoms with van der Waals surface area (Å²) in [5.74, 6) is -0.234. The molecule has 51 heavy (non-hydrogen) atoms. The molecule has 0 unspecified atom stereocenters. The molecular formula is C39H48NO9S2+. The van der Waals surface area contributed by atoms with E-state index >= 15 is 0 Å². The zero-order valence-electron chi connectivity index (χ0n) is 30.6. The molecule has 4 rings (SSSR count). The van der Waals surface area contributed by atoms with Crippen LogP contribution in [0.4, 0.5) is 5.69 Å². The third kappa shape index (κ3) is 10.7. The van der Waals surface area contributed by atoms with Crippen molar-refractivity contribution in [3.05, 3.63) is 103 Å². The van der Waals surface area contributed by atoms with Crippen LogP contribution in [0.15, 0.2) is 117 Å². The lowest BCUT2D eigenvalue weighted by molar-refractivity contribution is -0.158. The summed E-state index contributed by atoms with van der Waals surface area (Å²) in [5, 5.41) is 0. The van der Waals surface area contributed by atoms with Crippen molar-refractivity contribution < 1.29 is 40.6 Å². The van der Waals surface area contributed by atoms with Gasteiger partial charge in [0.25, 0.3) is 0 Å². The maximum atomic E-state index is 14.3. The van der Waals surface area contributed by atoms with Gasteiger partial charge < -0.3 is 23.8 Å². The van der Waals surface area contributed by atoms with Gasteiger partial charge in [0.1, 0.15) is 27.6 Å². The molecular weight excluding hydrogens is 691 g/mol. The average Bonchev–Trinajstić information content (AvgIpc) is 3.04. The number of hydrogen-bond acceptors (Lipinski definition) is 9. The molecule has 0 aliphatic carbocycles. The van der Waals surface area contributed by atoms with Gasteiger partial charge in [0.05, 0.1) is 25.0 Å². The molecule has 0 heterocycles. The molecule has 0 bridgehead atoms. The van der Waals surface area contributed by atoms with Gasteiger partial charge in [-0.25, -0.2) is 9.59 Å². The van der Waals surface area contributed by atoms with Crippen LogP contribution in [0.25, 0.3) is 0 Å². The summed E-state index contributed by atoms with van der Waals surface area (Å²) in [6.07, 6.45) is 0. The topological polar surface area (TPSA) is 121 Å². The summed E-state index contributed by atoms with van der Waals surface area (Å²) < 4.78 is 55.6. The van der Waals surface area contributed by atoms with Gasteiger partial charge >= 0.3 is 22.1 Å². The maximum absolute atomic E-state index is 14.3. The first kappa shape index (κ1) is 39.3. The van der Waals surface area contributed by atoms with Crippen molar-refractivity contribution in [1.82, 2.24) is 0 Å². The molecule has 0 saturated heterocycles. The molecule has 0 aromatic heterocycles. The highest BCUT2D eigenvalue weighted by Crippen LogP contribution is 2.69. The molecule has 0 fully saturated rings. The third-order valence-corrected chi connectivity index (χ3v) is 12.5. The van der Waals surface area contributed by atoms with Gasteiger partial charge in [0, 0.05) is 19.8 Å². The van der Waals surface area contributed by atoms with E-state index in [0.717, 1.165) is 11.3 Å². The number of aryl methyl sites for hydroxylation is 1. The van der Waals surface area contributed by atoms with Crippen LogP contribution in [0.2, 0.25) is 0 Å². The van der Waals surface area contributed by atoms with Crippen molar-refractivity contribution in [2.45, 2.75) is 79.3 Å². The lowest BCUT2D eigenvalue weighted by atomic mass is 10.2.